The van der Waals surface area contributed by atoms with E-state index in [1.54, 1.807) is 0 Å². The zero-order valence-corrected chi connectivity index (χ0v) is 17.3. The summed E-state index contributed by atoms with van der Waals surface area (Å²) in [6.07, 6.45) is 9.89. The van der Waals surface area contributed by atoms with Crippen LogP contribution < -0.4 is 4.74 Å². The van der Waals surface area contributed by atoms with Gasteiger partial charge in [-0.1, -0.05) is 31.0 Å². The van der Waals surface area contributed by atoms with Gasteiger partial charge < -0.3 is 14.5 Å². The molecule has 5 heteroatoms. The summed E-state index contributed by atoms with van der Waals surface area (Å²) in [4.78, 5) is 29.8. The van der Waals surface area contributed by atoms with E-state index in [4.69, 9.17) is 4.74 Å². The lowest BCUT2D eigenvalue weighted by Gasteiger charge is -2.49. The molecule has 0 radical (unpaired) electrons. The normalized spacial score (nSPS) is 27.0. The first-order valence-electron chi connectivity index (χ1n) is 11.5. The van der Waals surface area contributed by atoms with Crippen LogP contribution in [0.15, 0.2) is 24.3 Å². The molecular formula is C24H32N2O3. The van der Waals surface area contributed by atoms with Gasteiger partial charge in [0.15, 0.2) is 6.10 Å². The van der Waals surface area contributed by atoms with Gasteiger partial charge in [0.25, 0.3) is 5.91 Å². The average molecular weight is 397 g/mol. The molecule has 0 N–H and O–H groups in total. The van der Waals surface area contributed by atoms with Crippen LogP contribution in [-0.4, -0.2) is 53.4 Å². The van der Waals surface area contributed by atoms with E-state index < -0.39 is 0 Å². The van der Waals surface area contributed by atoms with Crippen molar-refractivity contribution in [3.8, 4) is 5.75 Å². The number of carbonyl (C=O) groups excluding carboxylic acids is 2. The van der Waals surface area contributed by atoms with Crippen molar-refractivity contribution in [3.05, 3.63) is 29.8 Å². The van der Waals surface area contributed by atoms with Crippen LogP contribution in [0.1, 0.15) is 63.4 Å². The van der Waals surface area contributed by atoms with Crippen LogP contribution in [0.25, 0.3) is 0 Å². The van der Waals surface area contributed by atoms with E-state index in [1.165, 1.54) is 31.2 Å². The smallest absolute Gasteiger partial charge is 0.263 e. The van der Waals surface area contributed by atoms with Gasteiger partial charge in [-0.25, -0.2) is 0 Å². The summed E-state index contributed by atoms with van der Waals surface area (Å²) in [6.45, 7) is 2.51. The maximum Gasteiger partial charge on any atom is 0.263 e. The van der Waals surface area contributed by atoms with E-state index in [0.717, 1.165) is 57.5 Å². The second-order valence-electron chi connectivity index (χ2n) is 9.54. The molecule has 3 fully saturated rings. The molecule has 1 saturated carbocycles. The first-order chi connectivity index (χ1) is 14.1. The minimum atomic E-state index is -0.345. The van der Waals surface area contributed by atoms with E-state index in [9.17, 15) is 9.59 Å². The van der Waals surface area contributed by atoms with Crippen LogP contribution in [0, 0.1) is 5.41 Å². The number of ether oxygens (including phenoxy) is 1. The highest BCUT2D eigenvalue weighted by Crippen LogP contribution is 2.42. The SMILES string of the molecule is O=C([C@@H]1CCc2ccccc2O1)N1CCC2(CCC(=O)N(C3CCCC3)C2)CC1. The fraction of sp³-hybridized carbons (Fsp3) is 0.667. The second-order valence-corrected chi connectivity index (χ2v) is 9.54. The van der Waals surface area contributed by atoms with Crippen LogP contribution in [0.3, 0.4) is 0 Å². The summed E-state index contributed by atoms with van der Waals surface area (Å²) in [7, 11) is 0. The number of carbonyl (C=O) groups is 2. The van der Waals surface area contributed by atoms with Crippen molar-refractivity contribution in [2.24, 2.45) is 5.41 Å². The first-order valence-corrected chi connectivity index (χ1v) is 11.5. The molecule has 0 bridgehead atoms. The number of amides is 2. The Morgan fingerprint density at radius 1 is 1.00 bits per heavy atom. The van der Waals surface area contributed by atoms with Crippen molar-refractivity contribution in [3.63, 3.8) is 0 Å². The number of benzene rings is 1. The minimum absolute atomic E-state index is 0.147. The predicted octanol–water partition coefficient (Wildman–Crippen LogP) is 3.55. The van der Waals surface area contributed by atoms with Gasteiger partial charge in [0.05, 0.1) is 0 Å². The molecular weight excluding hydrogens is 364 g/mol. The Balaban J connectivity index is 1.20. The third kappa shape index (κ3) is 3.64. The van der Waals surface area contributed by atoms with Crippen molar-refractivity contribution >= 4 is 11.8 Å². The van der Waals surface area contributed by atoms with Crippen molar-refractivity contribution in [1.82, 2.24) is 9.80 Å². The molecule has 4 aliphatic rings. The second kappa shape index (κ2) is 7.66. The summed E-state index contributed by atoms with van der Waals surface area (Å²) < 4.78 is 6.04. The summed E-state index contributed by atoms with van der Waals surface area (Å²) in [5.74, 6) is 1.37. The lowest BCUT2D eigenvalue weighted by molar-refractivity contribution is -0.148. The Bertz CT molecular complexity index is 778. The van der Waals surface area contributed by atoms with Gasteiger partial charge >= 0.3 is 0 Å². The molecule has 1 aromatic carbocycles. The Morgan fingerprint density at radius 3 is 2.55 bits per heavy atom. The van der Waals surface area contributed by atoms with Gasteiger partial charge in [-0.3, -0.25) is 9.59 Å². The molecule has 3 aliphatic heterocycles. The molecule has 3 heterocycles. The third-order valence-corrected chi connectivity index (χ3v) is 7.79. The summed E-state index contributed by atoms with van der Waals surface area (Å²) in [6, 6.07) is 8.52. The molecule has 0 aromatic heterocycles. The Morgan fingerprint density at radius 2 is 1.76 bits per heavy atom. The lowest BCUT2D eigenvalue weighted by Crippen LogP contribution is -2.55. The van der Waals surface area contributed by atoms with Crippen molar-refractivity contribution in [2.45, 2.75) is 76.4 Å². The Hall–Kier alpha value is -2.04. The van der Waals surface area contributed by atoms with Crippen molar-refractivity contribution < 1.29 is 14.3 Å². The maximum atomic E-state index is 13.1. The molecule has 1 aliphatic carbocycles. The van der Waals surface area contributed by atoms with Crippen molar-refractivity contribution in [1.29, 1.82) is 0 Å². The molecule has 156 valence electrons. The summed E-state index contributed by atoms with van der Waals surface area (Å²) in [5.41, 5.74) is 1.42. The van der Waals surface area contributed by atoms with Gasteiger partial charge in [0, 0.05) is 32.1 Å². The van der Waals surface area contributed by atoms with E-state index in [1.807, 2.05) is 23.1 Å². The minimum Gasteiger partial charge on any atom is -0.480 e. The van der Waals surface area contributed by atoms with Gasteiger partial charge in [-0.05, 0) is 62.0 Å². The van der Waals surface area contributed by atoms with Crippen molar-refractivity contribution in [2.75, 3.05) is 19.6 Å². The largest absolute Gasteiger partial charge is 0.480 e. The molecule has 2 amide bonds. The van der Waals surface area contributed by atoms with E-state index in [2.05, 4.69) is 11.0 Å². The number of rotatable bonds is 2. The molecule has 29 heavy (non-hydrogen) atoms. The predicted molar refractivity (Wildman–Crippen MR) is 111 cm³/mol. The lowest BCUT2D eigenvalue weighted by atomic mass is 9.72. The molecule has 5 rings (SSSR count). The maximum absolute atomic E-state index is 13.1. The topological polar surface area (TPSA) is 49.9 Å². The highest BCUT2D eigenvalue weighted by atomic mass is 16.5. The molecule has 1 atom stereocenters. The zero-order valence-electron chi connectivity index (χ0n) is 17.3. The summed E-state index contributed by atoms with van der Waals surface area (Å²) >= 11 is 0. The number of hydrogen-bond acceptors (Lipinski definition) is 3. The highest BCUT2D eigenvalue weighted by Gasteiger charge is 2.44. The van der Waals surface area contributed by atoms with Crippen LogP contribution in [-0.2, 0) is 16.0 Å². The fourth-order valence-electron chi connectivity index (χ4n) is 5.90. The van der Waals surface area contributed by atoms with Crippen LogP contribution in [0.4, 0.5) is 0 Å². The van der Waals surface area contributed by atoms with E-state index >= 15 is 0 Å². The van der Waals surface area contributed by atoms with E-state index in [0.29, 0.717) is 18.4 Å². The van der Waals surface area contributed by atoms with Gasteiger partial charge in [0.2, 0.25) is 5.91 Å². The fourth-order valence-corrected chi connectivity index (χ4v) is 5.90. The third-order valence-electron chi connectivity index (χ3n) is 7.79. The Labute approximate surface area is 173 Å². The van der Waals surface area contributed by atoms with Crippen LogP contribution >= 0.6 is 0 Å². The molecule has 1 aromatic rings. The van der Waals surface area contributed by atoms with Gasteiger partial charge in [-0.2, -0.15) is 0 Å². The van der Waals surface area contributed by atoms with Gasteiger partial charge in [0.1, 0.15) is 5.75 Å². The molecule has 5 nitrogen and oxygen atoms in total. The number of likely N-dealkylation sites (tertiary alicyclic amines) is 2. The highest BCUT2D eigenvalue weighted by molar-refractivity contribution is 5.82. The number of aryl methyl sites for hydroxylation is 1. The van der Waals surface area contributed by atoms with Gasteiger partial charge in [-0.15, -0.1) is 0 Å². The monoisotopic (exact) mass is 396 g/mol. The number of fused-ring (bicyclic) bond motifs is 1. The van der Waals surface area contributed by atoms with E-state index in [-0.39, 0.29) is 17.4 Å². The number of nitrogens with zero attached hydrogens (tertiary/aromatic N) is 2. The zero-order chi connectivity index (χ0) is 19.8. The molecule has 0 unspecified atom stereocenters. The molecule has 1 spiro atoms. The standard InChI is InChI=1S/C24H32N2O3/c27-22-11-12-24(17-26(22)19-6-2-3-7-19)13-15-25(16-14-24)23(28)21-10-9-18-5-1-4-8-20(18)29-21/h1,4-5,8,19,21H,2-3,6-7,9-17H2/t21-/m0/s1. The van der Waals surface area contributed by atoms with Crippen LogP contribution in [0.5, 0.6) is 5.75 Å². The quantitative estimate of drug-likeness (QED) is 0.768. The average Bonchev–Trinajstić information content (AvgIpc) is 3.30. The van der Waals surface area contributed by atoms with Crippen LogP contribution in [0.2, 0.25) is 0 Å². The molecule has 2 saturated heterocycles. The number of piperidine rings is 2. The first kappa shape index (κ1) is 19.0. The summed E-state index contributed by atoms with van der Waals surface area (Å²) in [5, 5.41) is 0. The number of hydrogen-bond donors (Lipinski definition) is 0. The Kier molecular flexibility index (Phi) is 5.00. The number of para-hydroxylation sites is 1.